The van der Waals surface area contributed by atoms with E-state index in [-0.39, 0.29) is 16.8 Å². The monoisotopic (exact) mass is 443 g/mol. The zero-order chi connectivity index (χ0) is 21.1. The van der Waals surface area contributed by atoms with Crippen LogP contribution in [-0.4, -0.2) is 52.0 Å². The minimum Gasteiger partial charge on any atom is -0.324 e. The summed E-state index contributed by atoms with van der Waals surface area (Å²) in [5.74, 6) is 0.974. The first-order valence-electron chi connectivity index (χ1n) is 10.4. The molecular formula is C23H26ClN3O2S. The number of likely N-dealkylation sites (tertiary alicyclic amines) is 1. The SMILES string of the molecule is CCc1ccccc1NC(=O)N1CCC2(CC1)SCCN2C(=O)c1ccc(Cl)cc1. The topological polar surface area (TPSA) is 52.7 Å². The van der Waals surface area contributed by atoms with Gasteiger partial charge in [-0.25, -0.2) is 4.79 Å². The van der Waals surface area contributed by atoms with E-state index in [1.807, 2.05) is 45.8 Å². The number of piperidine rings is 1. The number of thioether (sulfide) groups is 1. The van der Waals surface area contributed by atoms with Gasteiger partial charge in [0.25, 0.3) is 5.91 Å². The molecule has 0 saturated carbocycles. The molecule has 158 valence electrons. The van der Waals surface area contributed by atoms with E-state index in [2.05, 4.69) is 12.2 Å². The van der Waals surface area contributed by atoms with Gasteiger partial charge in [0.15, 0.2) is 0 Å². The summed E-state index contributed by atoms with van der Waals surface area (Å²) >= 11 is 7.81. The van der Waals surface area contributed by atoms with Gasteiger partial charge < -0.3 is 15.1 Å². The van der Waals surface area contributed by atoms with Crippen LogP contribution in [0.5, 0.6) is 0 Å². The average Bonchev–Trinajstić information content (AvgIpc) is 3.17. The molecule has 30 heavy (non-hydrogen) atoms. The molecule has 2 aromatic carbocycles. The first-order valence-corrected chi connectivity index (χ1v) is 11.7. The third kappa shape index (κ3) is 4.16. The summed E-state index contributed by atoms with van der Waals surface area (Å²) in [5.41, 5.74) is 2.67. The molecule has 2 fully saturated rings. The number of hydrogen-bond acceptors (Lipinski definition) is 3. The lowest BCUT2D eigenvalue weighted by Gasteiger charge is -2.44. The van der Waals surface area contributed by atoms with E-state index in [0.29, 0.717) is 23.7 Å². The maximum Gasteiger partial charge on any atom is 0.321 e. The van der Waals surface area contributed by atoms with Gasteiger partial charge in [-0.05, 0) is 55.2 Å². The zero-order valence-corrected chi connectivity index (χ0v) is 18.6. The van der Waals surface area contributed by atoms with E-state index in [1.165, 1.54) is 0 Å². The van der Waals surface area contributed by atoms with E-state index >= 15 is 0 Å². The Morgan fingerprint density at radius 2 is 1.77 bits per heavy atom. The lowest BCUT2D eigenvalue weighted by atomic mass is 10.0. The Morgan fingerprint density at radius 1 is 1.07 bits per heavy atom. The number of carbonyl (C=O) groups excluding carboxylic acids is 2. The van der Waals surface area contributed by atoms with Crippen LogP contribution in [0.2, 0.25) is 5.02 Å². The molecule has 0 unspecified atom stereocenters. The highest BCUT2D eigenvalue weighted by Gasteiger charge is 2.47. The fourth-order valence-corrected chi connectivity index (χ4v) is 5.84. The molecule has 2 aliphatic rings. The van der Waals surface area contributed by atoms with Crippen molar-refractivity contribution in [1.82, 2.24) is 9.80 Å². The molecular weight excluding hydrogens is 418 g/mol. The van der Waals surface area contributed by atoms with Crippen molar-refractivity contribution < 1.29 is 9.59 Å². The number of hydrogen-bond donors (Lipinski definition) is 1. The number of rotatable bonds is 3. The van der Waals surface area contributed by atoms with Crippen molar-refractivity contribution >= 4 is 41.0 Å². The normalized spacial score (nSPS) is 17.9. The van der Waals surface area contributed by atoms with Crippen LogP contribution in [0, 0.1) is 0 Å². The fourth-order valence-electron chi connectivity index (χ4n) is 4.26. The van der Waals surface area contributed by atoms with Crippen LogP contribution in [0.1, 0.15) is 35.7 Å². The summed E-state index contributed by atoms with van der Waals surface area (Å²) in [7, 11) is 0. The van der Waals surface area contributed by atoms with E-state index in [4.69, 9.17) is 11.6 Å². The Morgan fingerprint density at radius 3 is 2.47 bits per heavy atom. The predicted octanol–water partition coefficient (Wildman–Crippen LogP) is 5.12. The molecule has 2 heterocycles. The summed E-state index contributed by atoms with van der Waals surface area (Å²) in [6.07, 6.45) is 2.43. The summed E-state index contributed by atoms with van der Waals surface area (Å²) in [6, 6.07) is 14.9. The van der Waals surface area contributed by atoms with Gasteiger partial charge in [0.05, 0.1) is 4.87 Å². The van der Waals surface area contributed by atoms with Gasteiger partial charge in [0.2, 0.25) is 0 Å². The minimum absolute atomic E-state index is 0.0476. The van der Waals surface area contributed by atoms with Crippen molar-refractivity contribution in [3.8, 4) is 0 Å². The summed E-state index contributed by atoms with van der Waals surface area (Å²) < 4.78 is 0. The number of aryl methyl sites for hydroxylation is 1. The van der Waals surface area contributed by atoms with Gasteiger partial charge in [0.1, 0.15) is 0 Å². The second kappa shape index (κ2) is 8.90. The van der Waals surface area contributed by atoms with Crippen molar-refractivity contribution in [2.24, 2.45) is 0 Å². The lowest BCUT2D eigenvalue weighted by Crippen LogP contribution is -2.54. The van der Waals surface area contributed by atoms with Gasteiger partial charge >= 0.3 is 6.03 Å². The molecule has 2 aliphatic heterocycles. The highest BCUT2D eigenvalue weighted by atomic mass is 35.5. The first kappa shape index (κ1) is 21.1. The highest BCUT2D eigenvalue weighted by Crippen LogP contribution is 2.44. The van der Waals surface area contributed by atoms with Gasteiger partial charge in [-0.2, -0.15) is 0 Å². The van der Waals surface area contributed by atoms with Crippen LogP contribution < -0.4 is 5.32 Å². The number of halogens is 1. The molecule has 2 saturated heterocycles. The summed E-state index contributed by atoms with van der Waals surface area (Å²) in [4.78, 5) is 29.6. The van der Waals surface area contributed by atoms with Crippen LogP contribution in [0.25, 0.3) is 0 Å². The number of anilines is 1. The Balaban J connectivity index is 1.41. The quantitative estimate of drug-likeness (QED) is 0.716. The Labute approximate surface area is 186 Å². The molecule has 0 atom stereocenters. The van der Waals surface area contributed by atoms with E-state index in [9.17, 15) is 9.59 Å². The number of urea groups is 1. The molecule has 2 aromatic rings. The van der Waals surface area contributed by atoms with Gasteiger partial charge in [-0.1, -0.05) is 36.7 Å². The molecule has 1 N–H and O–H groups in total. The first-order chi connectivity index (χ1) is 14.5. The molecule has 0 aliphatic carbocycles. The molecule has 0 bridgehead atoms. The molecule has 0 radical (unpaired) electrons. The van der Waals surface area contributed by atoms with Crippen LogP contribution in [0.3, 0.4) is 0 Å². The van der Waals surface area contributed by atoms with E-state index in [0.717, 1.165) is 42.8 Å². The Hall–Kier alpha value is -2.18. The van der Waals surface area contributed by atoms with Crippen LogP contribution in [-0.2, 0) is 6.42 Å². The van der Waals surface area contributed by atoms with Crippen molar-refractivity contribution in [1.29, 1.82) is 0 Å². The van der Waals surface area contributed by atoms with E-state index in [1.54, 1.807) is 24.3 Å². The van der Waals surface area contributed by atoms with Crippen LogP contribution in [0.4, 0.5) is 10.5 Å². The Bertz CT molecular complexity index is 926. The number of amides is 3. The van der Waals surface area contributed by atoms with Crippen molar-refractivity contribution in [3.63, 3.8) is 0 Å². The number of nitrogens with zero attached hydrogens (tertiary/aromatic N) is 2. The Kier molecular flexibility index (Phi) is 6.25. The standard InChI is InChI=1S/C23H26ClN3O2S/c1-2-17-5-3-4-6-20(17)25-22(29)26-13-11-23(12-14-26)27(15-16-30-23)21(28)18-7-9-19(24)10-8-18/h3-10H,2,11-16H2,1H3,(H,25,29). The number of nitrogens with one attached hydrogen (secondary N) is 1. The summed E-state index contributed by atoms with van der Waals surface area (Å²) in [5, 5.41) is 3.69. The van der Waals surface area contributed by atoms with Crippen molar-refractivity contribution in [2.45, 2.75) is 31.1 Å². The maximum atomic E-state index is 13.1. The molecule has 5 nitrogen and oxygen atoms in total. The molecule has 4 rings (SSSR count). The van der Waals surface area contributed by atoms with Crippen LogP contribution >= 0.6 is 23.4 Å². The maximum absolute atomic E-state index is 13.1. The van der Waals surface area contributed by atoms with Gasteiger partial charge in [-0.3, -0.25) is 4.79 Å². The minimum atomic E-state index is -0.227. The average molecular weight is 444 g/mol. The second-order valence-electron chi connectivity index (χ2n) is 7.69. The largest absolute Gasteiger partial charge is 0.324 e. The summed E-state index contributed by atoms with van der Waals surface area (Å²) in [6.45, 7) is 4.09. The highest BCUT2D eigenvalue weighted by molar-refractivity contribution is 8.00. The van der Waals surface area contributed by atoms with Gasteiger partial charge in [-0.15, -0.1) is 11.8 Å². The number of benzene rings is 2. The smallest absolute Gasteiger partial charge is 0.321 e. The predicted molar refractivity (Wildman–Crippen MR) is 123 cm³/mol. The molecule has 7 heteroatoms. The number of carbonyl (C=O) groups is 2. The van der Waals surface area contributed by atoms with Crippen molar-refractivity contribution in [2.75, 3.05) is 30.7 Å². The fraction of sp³-hybridized carbons (Fsp3) is 0.391. The lowest BCUT2D eigenvalue weighted by molar-refractivity contribution is 0.0585. The molecule has 1 spiro atoms. The van der Waals surface area contributed by atoms with Gasteiger partial charge in [0, 0.05) is 41.7 Å². The van der Waals surface area contributed by atoms with E-state index < -0.39 is 0 Å². The second-order valence-corrected chi connectivity index (χ2v) is 9.58. The van der Waals surface area contributed by atoms with Crippen LogP contribution in [0.15, 0.2) is 48.5 Å². The zero-order valence-electron chi connectivity index (χ0n) is 17.1. The molecule has 0 aromatic heterocycles. The third-order valence-corrected chi connectivity index (χ3v) is 7.79. The molecule has 3 amide bonds. The number of para-hydroxylation sites is 1. The van der Waals surface area contributed by atoms with Crippen molar-refractivity contribution in [3.05, 3.63) is 64.7 Å². The third-order valence-electron chi connectivity index (χ3n) is 5.99.